The third-order valence-electron chi connectivity index (χ3n) is 2.62. The quantitative estimate of drug-likeness (QED) is 0.651. The number of rotatable bonds is 2. The van der Waals surface area contributed by atoms with Crippen molar-refractivity contribution in [3.05, 3.63) is 18.6 Å². The third kappa shape index (κ3) is 1.89. The van der Waals surface area contributed by atoms with Crippen LogP contribution in [0.5, 0.6) is 0 Å². The maximum atomic E-state index is 10.6. The molecule has 0 atom stereocenters. The van der Waals surface area contributed by atoms with Crippen LogP contribution in [0.4, 0.5) is 5.82 Å². The van der Waals surface area contributed by atoms with E-state index in [1.807, 2.05) is 6.07 Å². The molecule has 0 N–H and O–H groups in total. The first-order valence-electron chi connectivity index (χ1n) is 4.86. The molecule has 74 valence electrons. The number of hydrogen-bond donors (Lipinski definition) is 0. The van der Waals surface area contributed by atoms with Crippen molar-refractivity contribution in [2.45, 2.75) is 12.8 Å². The minimum Gasteiger partial charge on any atom is -0.356 e. The van der Waals surface area contributed by atoms with Crippen LogP contribution in [0.25, 0.3) is 0 Å². The fourth-order valence-corrected chi connectivity index (χ4v) is 1.74. The smallest absolute Gasteiger partial charge is 0.131 e. The molecule has 1 fully saturated rings. The van der Waals surface area contributed by atoms with Crippen molar-refractivity contribution in [3.63, 3.8) is 0 Å². The van der Waals surface area contributed by atoms with Gasteiger partial charge in [-0.25, -0.2) is 9.97 Å². The van der Waals surface area contributed by atoms with E-state index in [2.05, 4.69) is 14.9 Å². The van der Waals surface area contributed by atoms with E-state index in [9.17, 15) is 4.79 Å². The van der Waals surface area contributed by atoms with E-state index in [1.54, 1.807) is 12.5 Å². The van der Waals surface area contributed by atoms with Gasteiger partial charge in [0.1, 0.15) is 18.4 Å². The van der Waals surface area contributed by atoms with E-state index in [0.717, 1.165) is 38.0 Å². The molecule has 1 aliphatic heterocycles. The highest BCUT2D eigenvalue weighted by atomic mass is 16.1. The molecule has 0 spiro atoms. The number of anilines is 1. The first kappa shape index (κ1) is 9.12. The van der Waals surface area contributed by atoms with Crippen LogP contribution >= 0.6 is 0 Å². The average molecular weight is 191 g/mol. The molecule has 0 unspecified atom stereocenters. The highest BCUT2D eigenvalue weighted by Gasteiger charge is 2.18. The maximum Gasteiger partial charge on any atom is 0.131 e. The summed E-state index contributed by atoms with van der Waals surface area (Å²) in [6.07, 6.45) is 6.24. The van der Waals surface area contributed by atoms with Crippen LogP contribution in [0.1, 0.15) is 12.8 Å². The minimum absolute atomic E-state index is 0.244. The Morgan fingerprint density at radius 1 is 1.43 bits per heavy atom. The summed E-state index contributed by atoms with van der Waals surface area (Å²) in [4.78, 5) is 20.8. The Hall–Kier alpha value is -1.45. The molecule has 4 nitrogen and oxygen atoms in total. The molecule has 0 aromatic carbocycles. The van der Waals surface area contributed by atoms with Gasteiger partial charge in [0.2, 0.25) is 0 Å². The van der Waals surface area contributed by atoms with E-state index in [0.29, 0.717) is 0 Å². The summed E-state index contributed by atoms with van der Waals surface area (Å²) in [5.41, 5.74) is 0. The average Bonchev–Trinajstić information content (AvgIpc) is 2.30. The Kier molecular flexibility index (Phi) is 2.72. The van der Waals surface area contributed by atoms with Crippen LogP contribution in [0, 0.1) is 5.92 Å². The van der Waals surface area contributed by atoms with Crippen molar-refractivity contribution in [1.29, 1.82) is 0 Å². The van der Waals surface area contributed by atoms with Gasteiger partial charge in [-0.05, 0) is 18.9 Å². The molecule has 1 aromatic heterocycles. The minimum atomic E-state index is 0.244. The first-order valence-corrected chi connectivity index (χ1v) is 4.86. The predicted octanol–water partition coefficient (Wildman–Crippen LogP) is 0.892. The number of carbonyl (C=O) groups excluding carboxylic acids is 1. The number of aldehydes is 1. The molecule has 2 rings (SSSR count). The fraction of sp³-hybridized carbons (Fsp3) is 0.500. The standard InChI is InChI=1S/C10H13N3O/c14-7-9-2-5-13(6-3-9)10-1-4-11-8-12-10/h1,4,7-9H,2-3,5-6H2. The van der Waals surface area contributed by atoms with Crippen molar-refractivity contribution >= 4 is 12.1 Å². The van der Waals surface area contributed by atoms with Gasteiger partial charge in [-0.15, -0.1) is 0 Å². The van der Waals surface area contributed by atoms with E-state index in [1.165, 1.54) is 0 Å². The van der Waals surface area contributed by atoms with Crippen LogP contribution in [-0.4, -0.2) is 29.3 Å². The van der Waals surface area contributed by atoms with Crippen LogP contribution in [0.2, 0.25) is 0 Å². The number of aromatic nitrogens is 2. The molecule has 0 amide bonds. The molecule has 0 bridgehead atoms. The van der Waals surface area contributed by atoms with E-state index >= 15 is 0 Å². The lowest BCUT2D eigenvalue weighted by atomic mass is 9.99. The van der Waals surface area contributed by atoms with Gasteiger partial charge in [-0.3, -0.25) is 0 Å². The second-order valence-corrected chi connectivity index (χ2v) is 3.53. The molecule has 0 saturated carbocycles. The molecule has 1 saturated heterocycles. The number of carbonyl (C=O) groups is 1. The van der Waals surface area contributed by atoms with E-state index < -0.39 is 0 Å². The highest BCUT2D eigenvalue weighted by Crippen LogP contribution is 2.19. The van der Waals surface area contributed by atoms with Gasteiger partial charge in [-0.2, -0.15) is 0 Å². The predicted molar refractivity (Wildman–Crippen MR) is 53.0 cm³/mol. The number of nitrogens with zero attached hydrogens (tertiary/aromatic N) is 3. The van der Waals surface area contributed by atoms with E-state index in [4.69, 9.17) is 0 Å². The van der Waals surface area contributed by atoms with Crippen molar-refractivity contribution in [3.8, 4) is 0 Å². The van der Waals surface area contributed by atoms with Gasteiger partial charge >= 0.3 is 0 Å². The molecule has 1 aromatic rings. The first-order chi connectivity index (χ1) is 6.90. The summed E-state index contributed by atoms with van der Waals surface area (Å²) in [5, 5.41) is 0. The zero-order valence-corrected chi connectivity index (χ0v) is 7.97. The Morgan fingerprint density at radius 3 is 2.79 bits per heavy atom. The monoisotopic (exact) mass is 191 g/mol. The zero-order chi connectivity index (χ0) is 9.80. The fourth-order valence-electron chi connectivity index (χ4n) is 1.74. The summed E-state index contributed by atoms with van der Waals surface area (Å²) in [6, 6.07) is 1.90. The summed E-state index contributed by atoms with van der Waals surface area (Å²) in [5.74, 6) is 1.21. The SMILES string of the molecule is O=CC1CCN(c2ccncn2)CC1. The molecule has 4 heteroatoms. The number of hydrogen-bond acceptors (Lipinski definition) is 4. The number of piperidine rings is 1. The summed E-state index contributed by atoms with van der Waals surface area (Å²) < 4.78 is 0. The van der Waals surface area contributed by atoms with E-state index in [-0.39, 0.29) is 5.92 Å². The Balaban J connectivity index is 1.99. The second-order valence-electron chi connectivity index (χ2n) is 3.53. The van der Waals surface area contributed by atoms with Gasteiger partial charge in [-0.1, -0.05) is 0 Å². The molecule has 0 aliphatic carbocycles. The normalized spacial score (nSPS) is 18.1. The molecule has 2 heterocycles. The Bertz CT molecular complexity index is 293. The van der Waals surface area contributed by atoms with Crippen LogP contribution in [0.15, 0.2) is 18.6 Å². The van der Waals surface area contributed by atoms with Crippen molar-refractivity contribution in [2.24, 2.45) is 5.92 Å². The zero-order valence-electron chi connectivity index (χ0n) is 7.97. The Morgan fingerprint density at radius 2 is 2.21 bits per heavy atom. The lowest BCUT2D eigenvalue weighted by Crippen LogP contribution is -2.34. The van der Waals surface area contributed by atoms with Crippen LogP contribution in [-0.2, 0) is 4.79 Å². The summed E-state index contributed by atoms with van der Waals surface area (Å²) >= 11 is 0. The lowest BCUT2D eigenvalue weighted by molar-refractivity contribution is -0.111. The Labute approximate surface area is 83.0 Å². The second kappa shape index (κ2) is 4.17. The van der Waals surface area contributed by atoms with Crippen LogP contribution < -0.4 is 4.90 Å². The molecular formula is C10H13N3O. The van der Waals surface area contributed by atoms with Crippen molar-refractivity contribution in [2.75, 3.05) is 18.0 Å². The van der Waals surface area contributed by atoms with Crippen molar-refractivity contribution < 1.29 is 4.79 Å². The van der Waals surface area contributed by atoms with Gasteiger partial charge in [0, 0.05) is 25.2 Å². The molecule has 1 aliphatic rings. The summed E-state index contributed by atoms with van der Waals surface area (Å²) in [6.45, 7) is 1.83. The van der Waals surface area contributed by atoms with Crippen LogP contribution in [0.3, 0.4) is 0 Å². The molecule has 14 heavy (non-hydrogen) atoms. The third-order valence-corrected chi connectivity index (χ3v) is 2.62. The van der Waals surface area contributed by atoms with Crippen molar-refractivity contribution in [1.82, 2.24) is 9.97 Å². The topological polar surface area (TPSA) is 46.1 Å². The largest absolute Gasteiger partial charge is 0.356 e. The lowest BCUT2D eigenvalue weighted by Gasteiger charge is -2.30. The van der Waals surface area contributed by atoms with Gasteiger partial charge in [0.15, 0.2) is 0 Å². The van der Waals surface area contributed by atoms with Gasteiger partial charge in [0.05, 0.1) is 0 Å². The summed E-state index contributed by atoms with van der Waals surface area (Å²) in [7, 11) is 0. The maximum absolute atomic E-state index is 10.6. The van der Waals surface area contributed by atoms with Gasteiger partial charge < -0.3 is 9.69 Å². The molecule has 0 radical (unpaired) electrons. The highest BCUT2D eigenvalue weighted by molar-refractivity contribution is 5.54. The molecular weight excluding hydrogens is 178 g/mol. The van der Waals surface area contributed by atoms with Gasteiger partial charge in [0.25, 0.3) is 0 Å².